The molecule has 6 nitrogen and oxygen atoms in total. The van der Waals surface area contributed by atoms with E-state index in [0.29, 0.717) is 28.6 Å². The van der Waals surface area contributed by atoms with E-state index in [1.54, 1.807) is 18.5 Å². The molecule has 8 heteroatoms. The Morgan fingerprint density at radius 2 is 2.12 bits per heavy atom. The van der Waals surface area contributed by atoms with Crippen LogP contribution < -0.4 is 5.32 Å². The van der Waals surface area contributed by atoms with E-state index in [1.165, 1.54) is 0 Å². The lowest BCUT2D eigenvalue weighted by Gasteiger charge is -2.27. The number of halogens is 2. The van der Waals surface area contributed by atoms with Gasteiger partial charge in [-0.3, -0.25) is 0 Å². The highest BCUT2D eigenvalue weighted by Crippen LogP contribution is 2.29. The Bertz CT molecular complexity index is 931. The molecular weight excluding hydrogens is 357 g/mol. The first-order valence-corrected chi connectivity index (χ1v) is 9.07. The van der Waals surface area contributed by atoms with E-state index in [-0.39, 0.29) is 17.8 Å². The number of hydrogen-bond donors (Lipinski definition) is 3. The quantitative estimate of drug-likeness (QED) is 0.646. The van der Waals surface area contributed by atoms with Crippen LogP contribution >= 0.6 is 11.6 Å². The van der Waals surface area contributed by atoms with Gasteiger partial charge in [-0.1, -0.05) is 24.4 Å². The molecule has 1 aliphatic carbocycles. The number of hydrogen-bond acceptors (Lipinski definition) is 5. The SMILES string of the molecule is O[C@H]1CCCC[C@@H]1CNc1nc(-c2c[nH]c3ncc(Cl)cc23)ncc1F. The molecule has 2 atom stereocenters. The predicted molar refractivity (Wildman–Crippen MR) is 98.5 cm³/mol. The Morgan fingerprint density at radius 3 is 2.96 bits per heavy atom. The first kappa shape index (κ1) is 17.2. The second-order valence-corrected chi connectivity index (χ2v) is 7.07. The summed E-state index contributed by atoms with van der Waals surface area (Å²) >= 11 is 6.03. The number of anilines is 1. The molecule has 26 heavy (non-hydrogen) atoms. The van der Waals surface area contributed by atoms with Crippen LogP contribution in [0.4, 0.5) is 10.2 Å². The van der Waals surface area contributed by atoms with Crippen molar-refractivity contribution in [3.05, 3.63) is 35.5 Å². The molecule has 0 amide bonds. The van der Waals surface area contributed by atoms with E-state index in [0.717, 1.165) is 37.3 Å². The third-order valence-corrected chi connectivity index (χ3v) is 5.09. The maximum atomic E-state index is 14.1. The van der Waals surface area contributed by atoms with E-state index >= 15 is 0 Å². The van der Waals surface area contributed by atoms with Crippen LogP contribution in [0, 0.1) is 11.7 Å². The molecule has 0 spiro atoms. The molecule has 1 aliphatic rings. The highest BCUT2D eigenvalue weighted by molar-refractivity contribution is 6.31. The number of fused-ring (bicyclic) bond motifs is 1. The summed E-state index contributed by atoms with van der Waals surface area (Å²) in [7, 11) is 0. The maximum Gasteiger partial charge on any atom is 0.183 e. The molecule has 0 bridgehead atoms. The van der Waals surface area contributed by atoms with Crippen LogP contribution in [0.25, 0.3) is 22.4 Å². The Labute approximate surface area is 154 Å². The van der Waals surface area contributed by atoms with Gasteiger partial charge in [0.1, 0.15) is 5.65 Å². The maximum absolute atomic E-state index is 14.1. The molecule has 3 heterocycles. The topological polar surface area (TPSA) is 86.7 Å². The number of aliphatic hydroxyl groups is 1. The molecular formula is C18H19ClFN5O. The van der Waals surface area contributed by atoms with E-state index in [1.807, 2.05) is 0 Å². The summed E-state index contributed by atoms with van der Waals surface area (Å²) in [6.45, 7) is 0.482. The molecule has 3 N–H and O–H groups in total. The van der Waals surface area contributed by atoms with Crippen LogP contribution in [0.3, 0.4) is 0 Å². The molecule has 0 saturated heterocycles. The fraction of sp³-hybridized carbons (Fsp3) is 0.389. The molecule has 4 rings (SSSR count). The van der Waals surface area contributed by atoms with Crippen LogP contribution in [0.15, 0.2) is 24.7 Å². The Hall–Kier alpha value is -2.25. The number of aromatic amines is 1. The highest BCUT2D eigenvalue weighted by atomic mass is 35.5. The summed E-state index contributed by atoms with van der Waals surface area (Å²) in [5.41, 5.74) is 1.37. The van der Waals surface area contributed by atoms with Crippen LogP contribution in [-0.4, -0.2) is 37.7 Å². The van der Waals surface area contributed by atoms with Crippen molar-refractivity contribution in [3.63, 3.8) is 0 Å². The first-order chi connectivity index (χ1) is 12.6. The van der Waals surface area contributed by atoms with Crippen molar-refractivity contribution in [2.45, 2.75) is 31.8 Å². The monoisotopic (exact) mass is 375 g/mol. The Balaban J connectivity index is 1.60. The summed E-state index contributed by atoms with van der Waals surface area (Å²) in [6.07, 6.45) is 7.95. The van der Waals surface area contributed by atoms with Crippen molar-refractivity contribution < 1.29 is 9.50 Å². The number of rotatable bonds is 4. The molecule has 1 fully saturated rings. The predicted octanol–water partition coefficient (Wildman–Crippen LogP) is 3.78. The fourth-order valence-electron chi connectivity index (χ4n) is 3.44. The van der Waals surface area contributed by atoms with Crippen LogP contribution in [0.5, 0.6) is 0 Å². The van der Waals surface area contributed by atoms with Gasteiger partial charge in [0.05, 0.1) is 17.3 Å². The average molecular weight is 376 g/mol. The number of pyridine rings is 1. The van der Waals surface area contributed by atoms with Crippen molar-refractivity contribution >= 4 is 28.5 Å². The number of nitrogens with one attached hydrogen (secondary N) is 2. The number of aromatic nitrogens is 4. The first-order valence-electron chi connectivity index (χ1n) is 8.69. The fourth-order valence-corrected chi connectivity index (χ4v) is 3.60. The normalized spacial score (nSPS) is 20.4. The standard InChI is InChI=1S/C18H19ClFN5O/c19-11-5-12-13(8-23-16(12)22-7-11)17-24-9-14(20)18(25-17)21-6-10-3-1-2-4-15(10)26/h5,7-10,15,26H,1-4,6H2,(H,22,23)(H,21,24,25)/t10-,15+/m1/s1. The average Bonchev–Trinajstić information content (AvgIpc) is 3.05. The van der Waals surface area contributed by atoms with E-state index in [2.05, 4.69) is 25.3 Å². The van der Waals surface area contributed by atoms with Gasteiger partial charge in [-0.15, -0.1) is 0 Å². The van der Waals surface area contributed by atoms with Gasteiger partial charge in [0, 0.05) is 35.8 Å². The second-order valence-electron chi connectivity index (χ2n) is 6.63. The third kappa shape index (κ3) is 3.37. The minimum Gasteiger partial charge on any atom is -0.393 e. The van der Waals surface area contributed by atoms with Gasteiger partial charge in [0.15, 0.2) is 17.5 Å². The summed E-state index contributed by atoms with van der Waals surface area (Å²) < 4.78 is 14.1. The summed E-state index contributed by atoms with van der Waals surface area (Å²) in [5, 5.41) is 14.4. The summed E-state index contributed by atoms with van der Waals surface area (Å²) in [6, 6.07) is 1.77. The molecule has 0 unspecified atom stereocenters. The van der Waals surface area contributed by atoms with E-state index in [9.17, 15) is 9.50 Å². The zero-order chi connectivity index (χ0) is 18.1. The Kier molecular flexibility index (Phi) is 4.74. The largest absolute Gasteiger partial charge is 0.393 e. The summed E-state index contributed by atoms with van der Waals surface area (Å²) in [5.74, 6) is 0.109. The van der Waals surface area contributed by atoms with Crippen LogP contribution in [0.2, 0.25) is 5.02 Å². The zero-order valence-corrected chi connectivity index (χ0v) is 14.8. The lowest BCUT2D eigenvalue weighted by molar-refractivity contribution is 0.0762. The van der Waals surface area contributed by atoms with Gasteiger partial charge in [-0.25, -0.2) is 19.3 Å². The van der Waals surface area contributed by atoms with E-state index < -0.39 is 5.82 Å². The number of nitrogens with zero attached hydrogens (tertiary/aromatic N) is 3. The van der Waals surface area contributed by atoms with Gasteiger partial charge >= 0.3 is 0 Å². The summed E-state index contributed by atoms with van der Waals surface area (Å²) in [4.78, 5) is 15.7. The lowest BCUT2D eigenvalue weighted by Crippen LogP contribution is -2.30. The molecule has 3 aromatic rings. The lowest BCUT2D eigenvalue weighted by atomic mass is 9.86. The Morgan fingerprint density at radius 1 is 1.27 bits per heavy atom. The van der Waals surface area contributed by atoms with E-state index in [4.69, 9.17) is 11.6 Å². The van der Waals surface area contributed by atoms with Crippen molar-refractivity contribution in [1.82, 2.24) is 19.9 Å². The minimum atomic E-state index is -0.518. The molecule has 136 valence electrons. The number of H-pyrrole nitrogens is 1. The molecule has 0 radical (unpaired) electrons. The third-order valence-electron chi connectivity index (χ3n) is 4.88. The van der Waals surface area contributed by atoms with Gasteiger partial charge < -0.3 is 15.4 Å². The van der Waals surface area contributed by atoms with Gasteiger partial charge in [-0.2, -0.15) is 0 Å². The van der Waals surface area contributed by atoms with Gasteiger partial charge in [-0.05, 0) is 18.9 Å². The molecule has 0 aliphatic heterocycles. The van der Waals surface area contributed by atoms with Crippen LogP contribution in [-0.2, 0) is 0 Å². The van der Waals surface area contributed by atoms with Crippen molar-refractivity contribution in [3.8, 4) is 11.4 Å². The van der Waals surface area contributed by atoms with Gasteiger partial charge in [0.2, 0.25) is 0 Å². The second kappa shape index (κ2) is 7.17. The van der Waals surface area contributed by atoms with Crippen LogP contribution in [0.1, 0.15) is 25.7 Å². The highest BCUT2D eigenvalue weighted by Gasteiger charge is 2.23. The smallest absolute Gasteiger partial charge is 0.183 e. The molecule has 3 aromatic heterocycles. The minimum absolute atomic E-state index is 0.109. The molecule has 0 aromatic carbocycles. The molecule has 1 saturated carbocycles. The van der Waals surface area contributed by atoms with Crippen molar-refractivity contribution in [2.75, 3.05) is 11.9 Å². The van der Waals surface area contributed by atoms with Gasteiger partial charge in [0.25, 0.3) is 0 Å². The number of aliphatic hydroxyl groups excluding tert-OH is 1. The van der Waals surface area contributed by atoms with Crippen molar-refractivity contribution in [1.29, 1.82) is 0 Å². The zero-order valence-electron chi connectivity index (χ0n) is 14.0. The van der Waals surface area contributed by atoms with Crippen molar-refractivity contribution in [2.24, 2.45) is 5.92 Å².